The van der Waals surface area contributed by atoms with Crippen LogP contribution in [0.2, 0.25) is 10.0 Å². The Morgan fingerprint density at radius 2 is 1.87 bits per heavy atom. The first-order valence-corrected chi connectivity index (χ1v) is 9.81. The highest BCUT2D eigenvalue weighted by Crippen LogP contribution is 2.43. The summed E-state index contributed by atoms with van der Waals surface area (Å²) >= 11 is 12.7. The van der Waals surface area contributed by atoms with Crippen LogP contribution >= 0.6 is 23.2 Å². The topological polar surface area (TPSA) is 147 Å². The molecule has 0 bridgehead atoms. The van der Waals surface area contributed by atoms with E-state index in [0.717, 1.165) is 11.1 Å². The van der Waals surface area contributed by atoms with Gasteiger partial charge >= 0.3 is 5.69 Å². The first kappa shape index (κ1) is 20.8. The van der Waals surface area contributed by atoms with E-state index in [1.165, 1.54) is 12.1 Å². The molecule has 10 nitrogen and oxygen atoms in total. The molecule has 0 unspecified atom stereocenters. The molecule has 31 heavy (non-hydrogen) atoms. The Kier molecular flexibility index (Phi) is 4.95. The fourth-order valence-corrected chi connectivity index (χ4v) is 4.13. The van der Waals surface area contributed by atoms with Gasteiger partial charge in [-0.05, 0) is 30.4 Å². The molecule has 158 valence electrons. The van der Waals surface area contributed by atoms with Crippen molar-refractivity contribution in [1.29, 1.82) is 5.26 Å². The molecule has 1 aliphatic rings. The Hall–Kier alpha value is -3.42. The number of halogens is 2. The Bertz CT molecular complexity index is 1420. The van der Waals surface area contributed by atoms with Gasteiger partial charge in [-0.1, -0.05) is 37.0 Å². The van der Waals surface area contributed by atoms with Gasteiger partial charge in [-0.15, -0.1) is 10.2 Å². The third-order valence-electron chi connectivity index (χ3n) is 5.08. The average Bonchev–Trinajstić information content (AvgIpc) is 3.02. The predicted molar refractivity (Wildman–Crippen MR) is 111 cm³/mol. The van der Waals surface area contributed by atoms with Crippen molar-refractivity contribution in [3.05, 3.63) is 70.2 Å². The number of hydrogen-bond acceptors (Lipinski definition) is 7. The van der Waals surface area contributed by atoms with Crippen molar-refractivity contribution < 1.29 is 4.74 Å². The number of fused-ring (bicyclic) bond motifs is 1. The summed E-state index contributed by atoms with van der Waals surface area (Å²) in [5.41, 5.74) is -1.46. The third-order valence-corrected chi connectivity index (χ3v) is 5.64. The zero-order chi connectivity index (χ0) is 22.5. The van der Waals surface area contributed by atoms with Gasteiger partial charge in [-0.25, -0.2) is 9.89 Å². The van der Waals surface area contributed by atoms with Crippen molar-refractivity contribution in [1.82, 2.24) is 25.0 Å². The van der Waals surface area contributed by atoms with Gasteiger partial charge in [0, 0.05) is 11.1 Å². The lowest BCUT2D eigenvalue weighted by atomic mass is 9.88. The van der Waals surface area contributed by atoms with E-state index in [2.05, 4.69) is 15.3 Å². The summed E-state index contributed by atoms with van der Waals surface area (Å²) in [7, 11) is 0. The van der Waals surface area contributed by atoms with Crippen molar-refractivity contribution >= 4 is 23.2 Å². The molecule has 1 aliphatic carbocycles. The van der Waals surface area contributed by atoms with Gasteiger partial charge in [0.25, 0.3) is 11.1 Å². The Labute approximate surface area is 184 Å². The molecule has 0 saturated carbocycles. The van der Waals surface area contributed by atoms with E-state index < -0.39 is 16.9 Å². The first-order chi connectivity index (χ1) is 14.6. The second kappa shape index (κ2) is 7.37. The van der Waals surface area contributed by atoms with E-state index in [1.807, 2.05) is 18.8 Å². The molecule has 0 atom stereocenters. The fourth-order valence-electron chi connectivity index (χ4n) is 3.57. The average molecular weight is 461 g/mol. The van der Waals surface area contributed by atoms with Crippen molar-refractivity contribution in [2.75, 3.05) is 0 Å². The predicted octanol–water partition coefficient (Wildman–Crippen LogP) is 2.20. The minimum absolute atomic E-state index is 0.0277. The smallest absolute Gasteiger partial charge is 0.349 e. The van der Waals surface area contributed by atoms with E-state index in [0.29, 0.717) is 17.5 Å². The number of H-pyrrole nitrogens is 2. The van der Waals surface area contributed by atoms with E-state index in [4.69, 9.17) is 33.2 Å². The highest BCUT2D eigenvalue weighted by molar-refractivity contribution is 6.37. The van der Waals surface area contributed by atoms with Crippen molar-refractivity contribution in [2.45, 2.75) is 32.1 Å². The lowest BCUT2D eigenvalue weighted by molar-refractivity contribution is 0.448. The molecule has 0 radical (unpaired) electrons. The molecule has 2 aromatic heterocycles. The van der Waals surface area contributed by atoms with Crippen LogP contribution in [0.4, 0.5) is 0 Å². The maximum absolute atomic E-state index is 12.3. The number of hydrogen-bond donors (Lipinski definition) is 2. The number of aromatic amines is 2. The van der Waals surface area contributed by atoms with Crippen LogP contribution in [0, 0.1) is 11.3 Å². The fraction of sp³-hybridized carbons (Fsp3) is 0.263. The standard InChI is InChI=1S/C19H14Cl2N6O4/c1-19(2)4-3-9-13(19)16(29)24-25-17(9)31-14-10(20)5-8(6-11(14)21)27-18(30)23-15(28)12(7-22)26-27/h5-6H,3-4H2,1-2H3,(H,24,29)(H,23,28,30). The molecule has 2 heterocycles. The van der Waals surface area contributed by atoms with Crippen LogP contribution in [-0.4, -0.2) is 25.0 Å². The van der Waals surface area contributed by atoms with Gasteiger partial charge in [0.1, 0.15) is 6.07 Å². The zero-order valence-electron chi connectivity index (χ0n) is 16.2. The molecule has 0 saturated heterocycles. The van der Waals surface area contributed by atoms with Gasteiger partial charge in [0.2, 0.25) is 11.6 Å². The molecule has 0 aliphatic heterocycles. The quantitative estimate of drug-likeness (QED) is 0.608. The lowest BCUT2D eigenvalue weighted by Crippen LogP contribution is -2.33. The van der Waals surface area contributed by atoms with E-state index in [9.17, 15) is 14.4 Å². The minimum atomic E-state index is -0.901. The van der Waals surface area contributed by atoms with Crippen LogP contribution in [0.3, 0.4) is 0 Å². The molecule has 1 aromatic carbocycles. The summed E-state index contributed by atoms with van der Waals surface area (Å²) in [5, 5.41) is 19.2. The molecule has 0 amide bonds. The number of nitriles is 1. The number of benzene rings is 1. The lowest BCUT2D eigenvalue weighted by Gasteiger charge is -2.18. The van der Waals surface area contributed by atoms with Crippen molar-refractivity contribution in [2.24, 2.45) is 0 Å². The van der Waals surface area contributed by atoms with E-state index >= 15 is 0 Å². The van der Waals surface area contributed by atoms with E-state index in [-0.39, 0.29) is 38.3 Å². The molecule has 0 fully saturated rings. The van der Waals surface area contributed by atoms with Crippen LogP contribution in [-0.2, 0) is 11.8 Å². The number of nitrogens with zero attached hydrogens (tertiary/aromatic N) is 4. The van der Waals surface area contributed by atoms with Gasteiger partial charge < -0.3 is 4.74 Å². The second-order valence-corrected chi connectivity index (χ2v) is 8.38. The van der Waals surface area contributed by atoms with Crippen molar-refractivity contribution in [3.63, 3.8) is 0 Å². The highest BCUT2D eigenvalue weighted by Gasteiger charge is 2.36. The second-order valence-electron chi connectivity index (χ2n) is 7.57. The van der Waals surface area contributed by atoms with Gasteiger partial charge in [-0.3, -0.25) is 14.6 Å². The van der Waals surface area contributed by atoms with Crippen LogP contribution < -0.4 is 21.5 Å². The Morgan fingerprint density at radius 3 is 2.52 bits per heavy atom. The first-order valence-electron chi connectivity index (χ1n) is 9.05. The highest BCUT2D eigenvalue weighted by atomic mass is 35.5. The third kappa shape index (κ3) is 3.52. The summed E-state index contributed by atoms with van der Waals surface area (Å²) in [4.78, 5) is 37.9. The Morgan fingerprint density at radius 1 is 1.19 bits per heavy atom. The number of nitrogens with one attached hydrogen (secondary N) is 2. The zero-order valence-corrected chi connectivity index (χ0v) is 17.8. The molecule has 0 spiro atoms. The SMILES string of the molecule is CC1(C)CCc2c(Oc3c(Cl)cc(-n4nc(C#N)c(=O)[nH]c4=O)cc3Cl)n[nH]c(=O)c21. The van der Waals surface area contributed by atoms with Crippen LogP contribution in [0.25, 0.3) is 5.69 Å². The van der Waals surface area contributed by atoms with Crippen LogP contribution in [0.1, 0.15) is 37.1 Å². The maximum atomic E-state index is 12.3. The van der Waals surface area contributed by atoms with Gasteiger partial charge in [0.05, 0.1) is 15.7 Å². The van der Waals surface area contributed by atoms with Crippen molar-refractivity contribution in [3.8, 4) is 23.4 Å². The molecular formula is C19H14Cl2N6O4. The summed E-state index contributed by atoms with van der Waals surface area (Å²) in [5.74, 6) is 0.249. The summed E-state index contributed by atoms with van der Waals surface area (Å²) in [6.07, 6.45) is 1.37. The minimum Gasteiger partial charge on any atom is -0.434 e. The Balaban J connectivity index is 1.79. The summed E-state index contributed by atoms with van der Waals surface area (Å²) < 4.78 is 6.64. The van der Waals surface area contributed by atoms with Gasteiger partial charge in [0.15, 0.2) is 5.75 Å². The van der Waals surface area contributed by atoms with Gasteiger partial charge in [-0.2, -0.15) is 9.94 Å². The molecular weight excluding hydrogens is 447 g/mol. The summed E-state index contributed by atoms with van der Waals surface area (Å²) in [6, 6.07) is 4.28. The normalized spacial score (nSPS) is 14.2. The monoisotopic (exact) mass is 460 g/mol. The van der Waals surface area contributed by atoms with Crippen LogP contribution in [0.15, 0.2) is 26.5 Å². The maximum Gasteiger partial charge on any atom is 0.349 e. The molecule has 4 rings (SSSR count). The van der Waals surface area contributed by atoms with Crippen LogP contribution in [0.5, 0.6) is 11.6 Å². The largest absolute Gasteiger partial charge is 0.434 e. The number of aromatic nitrogens is 5. The summed E-state index contributed by atoms with van der Waals surface area (Å²) in [6.45, 7) is 3.94. The molecule has 12 heteroatoms. The van der Waals surface area contributed by atoms with E-state index in [1.54, 1.807) is 6.07 Å². The number of ether oxygens (including phenoxy) is 1. The number of rotatable bonds is 3. The molecule has 2 N–H and O–H groups in total. The molecule has 3 aromatic rings.